The van der Waals surface area contributed by atoms with Crippen LogP contribution < -0.4 is 0 Å². The average Bonchev–Trinajstić information content (AvgIpc) is 2.14. The van der Waals surface area contributed by atoms with Gasteiger partial charge < -0.3 is 0 Å². The van der Waals surface area contributed by atoms with Crippen LogP contribution in [0.25, 0.3) is 0 Å². The van der Waals surface area contributed by atoms with E-state index in [1.54, 1.807) is 6.21 Å². The standard InChI is InChI=1S/C11H20ClNOS/c1-10(2,3)15(14)13-9-11(12)7-5-4-6-8-11/h9H,4-8H2,1-3H3/b13-9+/t15-/m1/s1. The van der Waals surface area contributed by atoms with E-state index in [0.29, 0.717) is 0 Å². The first-order chi connectivity index (χ1) is 6.83. The van der Waals surface area contributed by atoms with E-state index >= 15 is 0 Å². The molecule has 0 radical (unpaired) electrons. The van der Waals surface area contributed by atoms with Crippen LogP contribution in [0, 0.1) is 0 Å². The van der Waals surface area contributed by atoms with Crippen molar-refractivity contribution in [2.75, 3.05) is 0 Å². The van der Waals surface area contributed by atoms with Gasteiger partial charge in [0, 0.05) is 6.21 Å². The molecule has 0 aromatic carbocycles. The van der Waals surface area contributed by atoms with Gasteiger partial charge >= 0.3 is 0 Å². The number of rotatable bonds is 2. The lowest BCUT2D eigenvalue weighted by Gasteiger charge is -2.27. The topological polar surface area (TPSA) is 29.4 Å². The quantitative estimate of drug-likeness (QED) is 0.544. The normalized spacial score (nSPS) is 24.3. The monoisotopic (exact) mass is 249 g/mol. The summed E-state index contributed by atoms with van der Waals surface area (Å²) >= 11 is 6.39. The van der Waals surface area contributed by atoms with E-state index in [9.17, 15) is 4.21 Å². The Kier molecular flexibility index (Phi) is 4.36. The maximum Gasteiger partial charge on any atom is 0.144 e. The fourth-order valence-corrected chi connectivity index (χ4v) is 2.56. The number of alkyl halides is 1. The largest absolute Gasteiger partial charge is 0.234 e. The summed E-state index contributed by atoms with van der Waals surface area (Å²) in [5, 5.41) is 0. The lowest BCUT2D eigenvalue weighted by Crippen LogP contribution is -2.28. The second kappa shape index (κ2) is 4.96. The first-order valence-corrected chi connectivity index (χ1v) is 6.98. The summed E-state index contributed by atoms with van der Waals surface area (Å²) < 4.78 is 15.5. The molecule has 1 fully saturated rings. The third kappa shape index (κ3) is 4.23. The molecule has 0 bridgehead atoms. The van der Waals surface area contributed by atoms with Crippen molar-refractivity contribution in [3.8, 4) is 0 Å². The van der Waals surface area contributed by atoms with Crippen molar-refractivity contribution in [1.82, 2.24) is 0 Å². The van der Waals surface area contributed by atoms with Gasteiger partial charge in [0.1, 0.15) is 11.0 Å². The Morgan fingerprint density at radius 3 is 2.27 bits per heavy atom. The Morgan fingerprint density at radius 1 is 1.27 bits per heavy atom. The van der Waals surface area contributed by atoms with Crippen LogP contribution in [0.1, 0.15) is 52.9 Å². The minimum Gasteiger partial charge on any atom is -0.234 e. The number of hydrogen-bond donors (Lipinski definition) is 0. The molecule has 2 nitrogen and oxygen atoms in total. The van der Waals surface area contributed by atoms with Gasteiger partial charge in [0.2, 0.25) is 0 Å². The smallest absolute Gasteiger partial charge is 0.144 e. The van der Waals surface area contributed by atoms with Crippen molar-refractivity contribution in [2.45, 2.75) is 62.5 Å². The molecule has 0 heterocycles. The summed E-state index contributed by atoms with van der Waals surface area (Å²) in [7, 11) is -1.18. The molecule has 0 aromatic rings. The third-order valence-electron chi connectivity index (χ3n) is 2.59. The molecule has 1 rings (SSSR count). The summed E-state index contributed by atoms with van der Waals surface area (Å²) in [4.78, 5) is -0.334. The highest BCUT2D eigenvalue weighted by molar-refractivity contribution is 7.85. The zero-order valence-electron chi connectivity index (χ0n) is 9.75. The van der Waals surface area contributed by atoms with Crippen molar-refractivity contribution in [3.05, 3.63) is 0 Å². The van der Waals surface area contributed by atoms with Crippen LogP contribution in [0.3, 0.4) is 0 Å². The van der Waals surface area contributed by atoms with E-state index in [4.69, 9.17) is 11.6 Å². The van der Waals surface area contributed by atoms with Gasteiger partial charge in [-0.1, -0.05) is 19.3 Å². The predicted octanol–water partition coefficient (Wildman–Crippen LogP) is 3.46. The Balaban J connectivity index is 2.60. The SMILES string of the molecule is CC(C)(C)[S@@](=O)/N=C/C1(Cl)CCCCC1. The van der Waals surface area contributed by atoms with Gasteiger partial charge in [0.15, 0.2) is 0 Å². The highest BCUT2D eigenvalue weighted by atomic mass is 35.5. The molecule has 1 aliphatic carbocycles. The second-order valence-corrected chi connectivity index (χ2v) is 7.88. The molecule has 0 aliphatic heterocycles. The van der Waals surface area contributed by atoms with Crippen molar-refractivity contribution >= 4 is 28.8 Å². The minimum atomic E-state index is -1.18. The molecular formula is C11H20ClNOS. The molecule has 0 aromatic heterocycles. The van der Waals surface area contributed by atoms with Crippen LogP contribution in [-0.4, -0.2) is 20.0 Å². The Bertz CT molecular complexity index is 264. The molecule has 0 N–H and O–H groups in total. The fraction of sp³-hybridized carbons (Fsp3) is 0.909. The van der Waals surface area contributed by atoms with E-state index in [0.717, 1.165) is 25.7 Å². The van der Waals surface area contributed by atoms with E-state index in [-0.39, 0.29) is 9.62 Å². The van der Waals surface area contributed by atoms with E-state index < -0.39 is 11.0 Å². The molecule has 1 atom stereocenters. The maximum atomic E-state index is 11.7. The van der Waals surface area contributed by atoms with Gasteiger partial charge in [-0.2, -0.15) is 4.40 Å². The molecule has 4 heteroatoms. The van der Waals surface area contributed by atoms with Gasteiger partial charge in [0.25, 0.3) is 0 Å². The maximum absolute atomic E-state index is 11.7. The Hall–Kier alpha value is 0.110. The molecule has 1 saturated carbocycles. The second-order valence-electron chi connectivity index (χ2n) is 5.19. The minimum absolute atomic E-state index is 0.293. The summed E-state index contributed by atoms with van der Waals surface area (Å²) in [6, 6.07) is 0. The van der Waals surface area contributed by atoms with Crippen molar-refractivity contribution in [3.63, 3.8) is 0 Å². The molecule has 0 saturated heterocycles. The molecule has 1 aliphatic rings. The van der Waals surface area contributed by atoms with Crippen molar-refractivity contribution in [2.24, 2.45) is 4.40 Å². The zero-order chi connectivity index (χ0) is 11.5. The van der Waals surface area contributed by atoms with Crippen molar-refractivity contribution in [1.29, 1.82) is 0 Å². The number of hydrogen-bond acceptors (Lipinski definition) is 1. The Morgan fingerprint density at radius 2 is 1.80 bits per heavy atom. The number of halogens is 1. The molecule has 15 heavy (non-hydrogen) atoms. The molecule has 0 spiro atoms. The Labute approximate surface area is 100 Å². The van der Waals surface area contributed by atoms with Gasteiger partial charge in [-0.15, -0.1) is 11.6 Å². The van der Waals surface area contributed by atoms with E-state index in [1.165, 1.54) is 6.42 Å². The third-order valence-corrected chi connectivity index (χ3v) is 4.41. The predicted molar refractivity (Wildman–Crippen MR) is 68.1 cm³/mol. The molecule has 0 unspecified atom stereocenters. The molecule has 88 valence electrons. The first kappa shape index (κ1) is 13.2. The van der Waals surface area contributed by atoms with Crippen LogP contribution in [0.5, 0.6) is 0 Å². The number of nitrogens with zero attached hydrogens (tertiary/aromatic N) is 1. The van der Waals surface area contributed by atoms with Crippen LogP contribution in [0.2, 0.25) is 0 Å². The lowest BCUT2D eigenvalue weighted by molar-refractivity contribution is 0.469. The lowest BCUT2D eigenvalue weighted by atomic mass is 9.89. The molecule has 0 amide bonds. The highest BCUT2D eigenvalue weighted by Crippen LogP contribution is 2.32. The average molecular weight is 250 g/mol. The summed E-state index contributed by atoms with van der Waals surface area (Å²) in [6.07, 6.45) is 7.19. The van der Waals surface area contributed by atoms with Gasteiger partial charge in [-0.3, -0.25) is 0 Å². The summed E-state index contributed by atoms with van der Waals surface area (Å²) in [5.41, 5.74) is 0. The van der Waals surface area contributed by atoms with Crippen LogP contribution in [0.4, 0.5) is 0 Å². The first-order valence-electron chi connectivity index (χ1n) is 5.50. The fourth-order valence-electron chi connectivity index (χ4n) is 1.57. The highest BCUT2D eigenvalue weighted by Gasteiger charge is 2.28. The van der Waals surface area contributed by atoms with E-state index in [2.05, 4.69) is 4.40 Å². The van der Waals surface area contributed by atoms with Gasteiger partial charge in [-0.05, 0) is 33.6 Å². The van der Waals surface area contributed by atoms with Crippen LogP contribution in [-0.2, 0) is 11.0 Å². The van der Waals surface area contributed by atoms with E-state index in [1.807, 2.05) is 20.8 Å². The van der Waals surface area contributed by atoms with Crippen LogP contribution >= 0.6 is 11.6 Å². The summed E-state index contributed by atoms with van der Waals surface area (Å²) in [6.45, 7) is 5.76. The summed E-state index contributed by atoms with van der Waals surface area (Å²) in [5.74, 6) is 0. The zero-order valence-corrected chi connectivity index (χ0v) is 11.3. The van der Waals surface area contributed by atoms with Gasteiger partial charge in [-0.25, -0.2) is 4.21 Å². The van der Waals surface area contributed by atoms with Crippen LogP contribution in [0.15, 0.2) is 4.40 Å². The van der Waals surface area contributed by atoms with Gasteiger partial charge in [0.05, 0.1) is 9.62 Å². The van der Waals surface area contributed by atoms with Crippen molar-refractivity contribution < 1.29 is 4.21 Å². The molecular weight excluding hydrogens is 230 g/mol.